The Morgan fingerprint density at radius 2 is 1.71 bits per heavy atom. The van der Waals surface area contributed by atoms with Crippen LogP contribution >= 0.6 is 11.8 Å². The molecule has 0 amide bonds. The van der Waals surface area contributed by atoms with Crippen molar-refractivity contribution in [3.8, 4) is 5.75 Å². The fourth-order valence-corrected chi connectivity index (χ4v) is 2.26. The van der Waals surface area contributed by atoms with Gasteiger partial charge in [-0.25, -0.2) is 0 Å². The van der Waals surface area contributed by atoms with E-state index >= 15 is 0 Å². The summed E-state index contributed by atoms with van der Waals surface area (Å²) in [4.78, 5) is 1.14. The molecule has 1 rings (SSSR count). The Balaban J connectivity index is 0.00000191. The predicted molar refractivity (Wildman–Crippen MR) is 91.4 cm³/mol. The fraction of sp³-hybridized carbons (Fsp3) is 0.625. The van der Waals surface area contributed by atoms with Crippen molar-refractivity contribution < 1.29 is 14.2 Å². The van der Waals surface area contributed by atoms with Gasteiger partial charge < -0.3 is 19.9 Å². The van der Waals surface area contributed by atoms with Crippen molar-refractivity contribution in [3.63, 3.8) is 0 Å². The van der Waals surface area contributed by atoms with Crippen LogP contribution < -0.4 is 10.5 Å². The zero-order chi connectivity index (χ0) is 15.9. The van der Waals surface area contributed by atoms with Crippen LogP contribution in [0.3, 0.4) is 0 Å². The molecule has 0 fully saturated rings. The Bertz CT molecular complexity index is 361. The molecule has 4 nitrogen and oxygen atoms in total. The average Bonchev–Trinajstić information content (AvgIpc) is 2.53. The van der Waals surface area contributed by atoms with Gasteiger partial charge in [0.2, 0.25) is 0 Å². The molecule has 0 aliphatic heterocycles. The predicted octanol–water partition coefficient (Wildman–Crippen LogP) is 3.84. The van der Waals surface area contributed by atoms with Gasteiger partial charge in [-0.2, -0.15) is 0 Å². The molecule has 5 heteroatoms. The number of anilines is 1. The number of methoxy groups -OCH3 is 1. The maximum atomic E-state index is 5.76. The van der Waals surface area contributed by atoms with Gasteiger partial charge in [0.25, 0.3) is 0 Å². The van der Waals surface area contributed by atoms with E-state index in [1.807, 2.05) is 32.0 Å². The van der Waals surface area contributed by atoms with Gasteiger partial charge in [-0.05, 0) is 24.6 Å². The van der Waals surface area contributed by atoms with E-state index in [1.165, 1.54) is 0 Å². The number of nitrogens with two attached hydrogens (primary N) is 1. The number of benzene rings is 1. The molecule has 0 aliphatic rings. The molecule has 0 bridgehead atoms. The molecular formula is C16H29NO3S. The Morgan fingerprint density at radius 3 is 2.33 bits per heavy atom. The van der Waals surface area contributed by atoms with Crippen LogP contribution in [0.4, 0.5) is 5.69 Å². The molecule has 0 heterocycles. The number of rotatable bonds is 10. The molecular weight excluding hydrogens is 286 g/mol. The van der Waals surface area contributed by atoms with E-state index in [0.717, 1.165) is 29.4 Å². The molecule has 21 heavy (non-hydrogen) atoms. The maximum absolute atomic E-state index is 5.76. The van der Waals surface area contributed by atoms with Crippen LogP contribution in [-0.2, 0) is 9.47 Å². The smallest absolute Gasteiger partial charge is 0.142 e. The van der Waals surface area contributed by atoms with Crippen LogP contribution in [0.25, 0.3) is 0 Å². The molecule has 0 saturated heterocycles. The number of hydrogen-bond donors (Lipinski definition) is 1. The van der Waals surface area contributed by atoms with Gasteiger partial charge in [-0.3, -0.25) is 0 Å². The minimum absolute atomic E-state index is 0.658. The summed E-state index contributed by atoms with van der Waals surface area (Å²) in [5.74, 6) is 1.62. The van der Waals surface area contributed by atoms with E-state index in [9.17, 15) is 0 Å². The molecule has 0 aliphatic carbocycles. The molecule has 1 aromatic rings. The first-order valence-corrected chi connectivity index (χ1v) is 8.48. The largest absolute Gasteiger partial charge is 0.495 e. The van der Waals surface area contributed by atoms with Crippen LogP contribution in [0.15, 0.2) is 23.1 Å². The van der Waals surface area contributed by atoms with Crippen molar-refractivity contribution in [3.05, 3.63) is 18.2 Å². The van der Waals surface area contributed by atoms with Crippen LogP contribution in [0.2, 0.25) is 0 Å². The lowest BCUT2D eigenvalue weighted by atomic mass is 10.3. The molecule has 122 valence electrons. The molecule has 0 spiro atoms. The standard InChI is InChI=1S/C14H23NO3S.C2H6/c1-3-6-17-7-8-18-9-10-19-12-4-5-13(15)14(11-12)16-2;1-2/h4-5,11H,3,6-10,15H2,1-2H3;1-2H3. The lowest BCUT2D eigenvalue weighted by Crippen LogP contribution is -2.06. The second-order valence-corrected chi connectivity index (χ2v) is 5.15. The summed E-state index contributed by atoms with van der Waals surface area (Å²) in [6.45, 7) is 8.95. The van der Waals surface area contributed by atoms with Crippen LogP contribution in [0.5, 0.6) is 5.75 Å². The summed E-state index contributed by atoms with van der Waals surface area (Å²) in [6, 6.07) is 5.80. The Morgan fingerprint density at radius 1 is 1.05 bits per heavy atom. The molecule has 0 atom stereocenters. The third-order valence-corrected chi connectivity index (χ3v) is 3.38. The van der Waals surface area contributed by atoms with Crippen LogP contribution in [0, 0.1) is 0 Å². The zero-order valence-electron chi connectivity index (χ0n) is 13.7. The highest BCUT2D eigenvalue weighted by atomic mass is 32.2. The van der Waals surface area contributed by atoms with Gasteiger partial charge in [-0.15, -0.1) is 11.8 Å². The van der Waals surface area contributed by atoms with E-state index in [1.54, 1.807) is 18.9 Å². The third-order valence-electron chi connectivity index (χ3n) is 2.42. The van der Waals surface area contributed by atoms with Gasteiger partial charge in [0.05, 0.1) is 32.6 Å². The number of ether oxygens (including phenoxy) is 3. The number of hydrogen-bond acceptors (Lipinski definition) is 5. The summed E-state index contributed by atoms with van der Waals surface area (Å²) in [5, 5.41) is 0. The zero-order valence-corrected chi connectivity index (χ0v) is 14.5. The summed E-state index contributed by atoms with van der Waals surface area (Å²) in [5.41, 5.74) is 6.42. The fourth-order valence-electron chi connectivity index (χ4n) is 1.47. The van der Waals surface area contributed by atoms with E-state index in [4.69, 9.17) is 19.9 Å². The van der Waals surface area contributed by atoms with Gasteiger partial charge >= 0.3 is 0 Å². The molecule has 0 aromatic heterocycles. The Kier molecular flexibility index (Phi) is 13.4. The quantitative estimate of drug-likeness (QED) is 0.404. The molecule has 0 unspecified atom stereocenters. The third kappa shape index (κ3) is 9.61. The topological polar surface area (TPSA) is 53.7 Å². The van der Waals surface area contributed by atoms with Gasteiger partial charge in [0.1, 0.15) is 5.75 Å². The van der Waals surface area contributed by atoms with Crippen LogP contribution in [-0.4, -0.2) is 39.3 Å². The monoisotopic (exact) mass is 315 g/mol. The summed E-state index contributed by atoms with van der Waals surface area (Å²) >= 11 is 1.73. The highest BCUT2D eigenvalue weighted by Crippen LogP contribution is 2.27. The van der Waals surface area contributed by atoms with E-state index in [0.29, 0.717) is 25.5 Å². The SMILES string of the molecule is CC.CCCOCCOCCSc1ccc(N)c(OC)c1. The molecule has 1 aromatic carbocycles. The second kappa shape index (κ2) is 14.0. The van der Waals surface area contributed by atoms with Crippen molar-refractivity contribution in [2.45, 2.75) is 32.1 Å². The van der Waals surface area contributed by atoms with E-state index in [-0.39, 0.29) is 0 Å². The Hall–Kier alpha value is -0.910. The summed E-state index contributed by atoms with van der Waals surface area (Å²) in [7, 11) is 1.62. The lowest BCUT2D eigenvalue weighted by molar-refractivity contribution is 0.0541. The van der Waals surface area contributed by atoms with Gasteiger partial charge in [-0.1, -0.05) is 20.8 Å². The number of nitrogen functional groups attached to an aromatic ring is 1. The minimum Gasteiger partial charge on any atom is -0.495 e. The van der Waals surface area contributed by atoms with E-state index in [2.05, 4.69) is 6.92 Å². The lowest BCUT2D eigenvalue weighted by Gasteiger charge is -2.08. The van der Waals surface area contributed by atoms with Crippen molar-refractivity contribution in [1.29, 1.82) is 0 Å². The van der Waals surface area contributed by atoms with E-state index < -0.39 is 0 Å². The van der Waals surface area contributed by atoms with Crippen molar-refractivity contribution in [2.75, 3.05) is 45.0 Å². The Labute approximate surface area is 133 Å². The van der Waals surface area contributed by atoms with Crippen molar-refractivity contribution in [1.82, 2.24) is 0 Å². The molecule has 0 saturated carbocycles. The van der Waals surface area contributed by atoms with Crippen LogP contribution in [0.1, 0.15) is 27.2 Å². The van der Waals surface area contributed by atoms with Gasteiger partial charge in [0, 0.05) is 17.3 Å². The van der Waals surface area contributed by atoms with Crippen molar-refractivity contribution in [2.24, 2.45) is 0 Å². The highest BCUT2D eigenvalue weighted by molar-refractivity contribution is 7.99. The molecule has 0 radical (unpaired) electrons. The van der Waals surface area contributed by atoms with Gasteiger partial charge in [0.15, 0.2) is 0 Å². The first kappa shape index (κ1) is 20.1. The first-order chi connectivity index (χ1) is 10.3. The highest BCUT2D eigenvalue weighted by Gasteiger charge is 2.01. The maximum Gasteiger partial charge on any atom is 0.142 e. The first-order valence-electron chi connectivity index (χ1n) is 7.49. The van der Waals surface area contributed by atoms with Crippen molar-refractivity contribution >= 4 is 17.4 Å². The minimum atomic E-state index is 0.658. The normalized spacial score (nSPS) is 9.90. The molecule has 2 N–H and O–H groups in total. The summed E-state index contributed by atoms with van der Waals surface area (Å²) in [6.07, 6.45) is 1.05. The number of thioether (sulfide) groups is 1. The average molecular weight is 315 g/mol. The summed E-state index contributed by atoms with van der Waals surface area (Å²) < 4.78 is 16.0. The second-order valence-electron chi connectivity index (χ2n) is 3.98.